The van der Waals surface area contributed by atoms with Crippen molar-refractivity contribution in [2.75, 3.05) is 18.4 Å². The smallest absolute Gasteiger partial charge is 0.406 e. The molecule has 1 amide bonds. The molecule has 1 N–H and O–H groups in total. The Morgan fingerprint density at radius 2 is 1.77 bits per heavy atom. The van der Waals surface area contributed by atoms with Crippen LogP contribution in [0.3, 0.4) is 0 Å². The first-order valence-electron chi connectivity index (χ1n) is 9.07. The average Bonchev–Trinajstić information content (AvgIpc) is 2.70. The van der Waals surface area contributed by atoms with E-state index in [2.05, 4.69) is 10.1 Å². The summed E-state index contributed by atoms with van der Waals surface area (Å²) < 4.78 is 67.8. The predicted molar refractivity (Wildman–Crippen MR) is 110 cm³/mol. The number of carbonyl (C=O) groups excluding carboxylic acids is 1. The van der Waals surface area contributed by atoms with Gasteiger partial charge in [0.15, 0.2) is 0 Å². The van der Waals surface area contributed by atoms with Crippen molar-refractivity contribution in [1.82, 2.24) is 4.31 Å². The molecule has 0 atom stereocenters. The highest BCUT2D eigenvalue weighted by atomic mass is 35.5. The molecule has 0 saturated carbocycles. The number of hydrogen-bond acceptors (Lipinski definition) is 4. The fraction of sp³-hybridized carbons (Fsp3) is 0.316. The van der Waals surface area contributed by atoms with Gasteiger partial charge in [-0.05, 0) is 43.2 Å². The molecule has 6 nitrogen and oxygen atoms in total. The lowest BCUT2D eigenvalue weighted by atomic mass is 9.97. The topological polar surface area (TPSA) is 75.7 Å². The summed E-state index contributed by atoms with van der Waals surface area (Å²) in [6, 6.07) is 8.84. The number of carbonyl (C=O) groups is 1. The van der Waals surface area contributed by atoms with E-state index in [4.69, 9.17) is 23.2 Å². The Morgan fingerprint density at radius 3 is 2.42 bits per heavy atom. The first-order valence-corrected chi connectivity index (χ1v) is 11.3. The normalized spacial score (nSPS) is 16.2. The second-order valence-electron chi connectivity index (χ2n) is 6.81. The molecule has 0 spiro atoms. The maximum absolute atomic E-state index is 12.8. The van der Waals surface area contributed by atoms with Crippen LogP contribution < -0.4 is 10.1 Å². The van der Waals surface area contributed by atoms with Gasteiger partial charge in [-0.1, -0.05) is 29.3 Å². The van der Waals surface area contributed by atoms with E-state index >= 15 is 0 Å². The fourth-order valence-corrected chi connectivity index (χ4v) is 5.01. The highest BCUT2D eigenvalue weighted by Crippen LogP contribution is 2.30. The number of benzene rings is 2. The van der Waals surface area contributed by atoms with E-state index in [0.29, 0.717) is 15.7 Å². The SMILES string of the molecule is O=C(Nc1cc(Cl)ccc1Cl)C1CCN(S(=O)(=O)c2cccc(OC(F)(F)F)c2)CC1. The Hall–Kier alpha value is -2.01. The number of sulfonamides is 1. The fourth-order valence-electron chi connectivity index (χ4n) is 3.17. The second kappa shape index (κ2) is 9.23. The molecule has 31 heavy (non-hydrogen) atoms. The first-order chi connectivity index (χ1) is 14.5. The van der Waals surface area contributed by atoms with Crippen LogP contribution in [0.2, 0.25) is 10.0 Å². The van der Waals surface area contributed by atoms with E-state index in [0.717, 1.165) is 16.4 Å². The van der Waals surface area contributed by atoms with Crippen molar-refractivity contribution in [1.29, 1.82) is 0 Å². The van der Waals surface area contributed by atoms with Crippen LogP contribution in [0, 0.1) is 5.92 Å². The lowest BCUT2D eigenvalue weighted by molar-refractivity contribution is -0.274. The van der Waals surface area contributed by atoms with Crippen molar-refractivity contribution >= 4 is 44.8 Å². The Kier molecular flexibility index (Phi) is 7.04. The molecule has 1 heterocycles. The zero-order valence-corrected chi connectivity index (χ0v) is 18.2. The zero-order valence-electron chi connectivity index (χ0n) is 15.8. The third-order valence-electron chi connectivity index (χ3n) is 4.69. The van der Waals surface area contributed by atoms with Gasteiger partial charge in [0.2, 0.25) is 15.9 Å². The van der Waals surface area contributed by atoms with Crippen molar-refractivity contribution in [3.05, 3.63) is 52.5 Å². The summed E-state index contributed by atoms with van der Waals surface area (Å²) in [4.78, 5) is 12.2. The van der Waals surface area contributed by atoms with Gasteiger partial charge in [0.05, 0.1) is 15.6 Å². The number of halogens is 5. The molecule has 0 radical (unpaired) electrons. The molecule has 168 valence electrons. The number of rotatable bonds is 5. The van der Waals surface area contributed by atoms with Gasteiger partial charge < -0.3 is 10.1 Å². The molecule has 1 aliphatic heterocycles. The van der Waals surface area contributed by atoms with Crippen LogP contribution in [-0.4, -0.2) is 38.1 Å². The largest absolute Gasteiger partial charge is 0.573 e. The highest BCUT2D eigenvalue weighted by Gasteiger charge is 2.34. The Morgan fingerprint density at radius 1 is 1.10 bits per heavy atom. The molecular weight excluding hydrogens is 480 g/mol. The van der Waals surface area contributed by atoms with Crippen LogP contribution in [0.25, 0.3) is 0 Å². The minimum absolute atomic E-state index is 0.0358. The van der Waals surface area contributed by atoms with Gasteiger partial charge >= 0.3 is 6.36 Å². The van der Waals surface area contributed by atoms with Gasteiger partial charge in [-0.25, -0.2) is 8.42 Å². The Bertz CT molecular complexity index is 1070. The summed E-state index contributed by atoms with van der Waals surface area (Å²) in [5.41, 5.74) is 0.357. The third-order valence-corrected chi connectivity index (χ3v) is 7.15. The molecule has 2 aromatic rings. The van der Waals surface area contributed by atoms with E-state index in [1.54, 1.807) is 12.1 Å². The summed E-state index contributed by atoms with van der Waals surface area (Å²) in [5, 5.41) is 3.41. The van der Waals surface area contributed by atoms with Gasteiger partial charge in [-0.3, -0.25) is 4.79 Å². The molecule has 0 aromatic heterocycles. The van der Waals surface area contributed by atoms with Crippen molar-refractivity contribution < 1.29 is 31.1 Å². The number of nitrogens with zero attached hydrogens (tertiary/aromatic N) is 1. The maximum Gasteiger partial charge on any atom is 0.573 e. The van der Waals surface area contributed by atoms with Crippen molar-refractivity contribution in [3.63, 3.8) is 0 Å². The second-order valence-corrected chi connectivity index (χ2v) is 9.60. The summed E-state index contributed by atoms with van der Waals surface area (Å²) in [5.74, 6) is -1.40. The molecule has 0 aliphatic carbocycles. The van der Waals surface area contributed by atoms with Crippen LogP contribution in [-0.2, 0) is 14.8 Å². The summed E-state index contributed by atoms with van der Waals surface area (Å²) in [7, 11) is -4.04. The van der Waals surface area contributed by atoms with E-state index in [1.165, 1.54) is 18.2 Å². The van der Waals surface area contributed by atoms with Crippen molar-refractivity contribution in [2.45, 2.75) is 24.1 Å². The zero-order chi connectivity index (χ0) is 22.8. The monoisotopic (exact) mass is 496 g/mol. The van der Waals surface area contributed by atoms with Crippen LogP contribution in [0.1, 0.15) is 12.8 Å². The van der Waals surface area contributed by atoms with E-state index in [-0.39, 0.29) is 36.7 Å². The van der Waals surface area contributed by atoms with Gasteiger partial charge in [0.25, 0.3) is 0 Å². The van der Waals surface area contributed by atoms with Crippen LogP contribution in [0.5, 0.6) is 5.75 Å². The lowest BCUT2D eigenvalue weighted by Gasteiger charge is -2.30. The molecule has 3 rings (SSSR count). The first kappa shape index (κ1) is 23.6. The summed E-state index contributed by atoms with van der Waals surface area (Å²) in [6.07, 6.45) is -4.45. The molecule has 2 aromatic carbocycles. The number of anilines is 1. The number of piperidine rings is 1. The molecule has 1 fully saturated rings. The molecular formula is C19H17Cl2F3N2O4S. The summed E-state index contributed by atoms with van der Waals surface area (Å²) >= 11 is 11.9. The standard InChI is InChI=1S/C19H17Cl2F3N2O4S/c20-13-4-5-16(21)17(10-13)25-18(27)12-6-8-26(9-7-12)31(28,29)15-3-1-2-14(11-15)30-19(22,23)24/h1-5,10-12H,6-9H2,(H,25,27). The van der Waals surface area contributed by atoms with Gasteiger partial charge in [-0.2, -0.15) is 4.31 Å². The predicted octanol–water partition coefficient (Wildman–Crippen LogP) is 4.93. The van der Waals surface area contributed by atoms with E-state index in [1.807, 2.05) is 0 Å². The molecule has 1 aliphatic rings. The van der Waals surface area contributed by atoms with E-state index < -0.39 is 28.1 Å². The van der Waals surface area contributed by atoms with Crippen LogP contribution >= 0.6 is 23.2 Å². The quantitative estimate of drug-likeness (QED) is 0.636. The Balaban J connectivity index is 1.65. The maximum atomic E-state index is 12.8. The summed E-state index contributed by atoms with van der Waals surface area (Å²) in [6.45, 7) is 0.0715. The number of ether oxygens (including phenoxy) is 1. The Labute approximate surface area is 186 Å². The number of amides is 1. The number of alkyl halides is 3. The third kappa shape index (κ3) is 6.03. The van der Waals surface area contributed by atoms with Gasteiger partial charge in [0.1, 0.15) is 5.75 Å². The van der Waals surface area contributed by atoms with Crippen molar-refractivity contribution in [2.24, 2.45) is 5.92 Å². The molecule has 0 bridgehead atoms. The number of hydrogen-bond donors (Lipinski definition) is 1. The van der Waals surface area contributed by atoms with Gasteiger partial charge in [-0.15, -0.1) is 13.2 Å². The number of nitrogens with one attached hydrogen (secondary N) is 1. The average molecular weight is 497 g/mol. The lowest BCUT2D eigenvalue weighted by Crippen LogP contribution is -2.41. The van der Waals surface area contributed by atoms with Crippen LogP contribution in [0.4, 0.5) is 18.9 Å². The van der Waals surface area contributed by atoms with Gasteiger partial charge in [0, 0.05) is 30.1 Å². The molecule has 12 heteroatoms. The van der Waals surface area contributed by atoms with Crippen molar-refractivity contribution in [3.8, 4) is 5.75 Å². The molecule has 1 saturated heterocycles. The molecule has 0 unspecified atom stereocenters. The minimum Gasteiger partial charge on any atom is -0.406 e. The highest BCUT2D eigenvalue weighted by molar-refractivity contribution is 7.89. The van der Waals surface area contributed by atoms with Crippen LogP contribution in [0.15, 0.2) is 47.4 Å². The van der Waals surface area contributed by atoms with E-state index in [9.17, 15) is 26.4 Å². The minimum atomic E-state index is -4.93.